The molecule has 8 nitrogen and oxygen atoms in total. The van der Waals surface area contributed by atoms with Gasteiger partial charge >= 0.3 is 12.1 Å². The van der Waals surface area contributed by atoms with Crippen molar-refractivity contribution in [1.82, 2.24) is 15.6 Å². The Bertz CT molecular complexity index is 1170. The molecule has 0 radical (unpaired) electrons. The standard InChI is InChI=1S/C27H29N3O5/c1-27(2,25(32)33)16-29-24(31)23(14-17-8-7-13-28-17)30-26(34)35-15-22-20-11-5-3-9-18(20)19-10-4-6-12-21(19)22/h3-13,22-23,28H,14-16H2,1-2H3,(H,29,31)(H,30,34)(H,32,33). The Morgan fingerprint density at radius 1 is 1.00 bits per heavy atom. The Morgan fingerprint density at radius 3 is 2.20 bits per heavy atom. The second-order valence-electron chi connectivity index (χ2n) is 9.33. The first-order chi connectivity index (χ1) is 16.8. The zero-order valence-corrected chi connectivity index (χ0v) is 19.7. The van der Waals surface area contributed by atoms with Gasteiger partial charge in [-0.15, -0.1) is 0 Å². The number of hydrogen-bond donors (Lipinski definition) is 4. The van der Waals surface area contributed by atoms with Crippen molar-refractivity contribution < 1.29 is 24.2 Å². The summed E-state index contributed by atoms with van der Waals surface area (Å²) in [5.41, 5.74) is 4.05. The summed E-state index contributed by atoms with van der Waals surface area (Å²) in [5, 5.41) is 14.6. The van der Waals surface area contributed by atoms with E-state index in [0.717, 1.165) is 27.9 Å². The van der Waals surface area contributed by atoms with Crippen molar-refractivity contribution in [1.29, 1.82) is 0 Å². The van der Waals surface area contributed by atoms with Crippen LogP contribution >= 0.6 is 0 Å². The molecule has 0 bridgehead atoms. The van der Waals surface area contributed by atoms with Gasteiger partial charge in [-0.3, -0.25) is 9.59 Å². The fourth-order valence-electron chi connectivity index (χ4n) is 4.21. The van der Waals surface area contributed by atoms with Gasteiger partial charge in [0, 0.05) is 30.8 Å². The Balaban J connectivity index is 1.43. The van der Waals surface area contributed by atoms with Crippen LogP contribution in [0.5, 0.6) is 0 Å². The number of rotatable bonds is 9. The number of fused-ring (bicyclic) bond motifs is 3. The highest BCUT2D eigenvalue weighted by Gasteiger charge is 2.31. The van der Waals surface area contributed by atoms with Gasteiger partial charge in [0.15, 0.2) is 0 Å². The van der Waals surface area contributed by atoms with Crippen LogP contribution in [0.15, 0.2) is 66.9 Å². The molecular weight excluding hydrogens is 446 g/mol. The van der Waals surface area contributed by atoms with Crippen molar-refractivity contribution in [3.05, 3.63) is 83.7 Å². The van der Waals surface area contributed by atoms with Gasteiger partial charge in [0.1, 0.15) is 12.6 Å². The lowest BCUT2D eigenvalue weighted by molar-refractivity contribution is -0.146. The highest BCUT2D eigenvalue weighted by Crippen LogP contribution is 2.44. The topological polar surface area (TPSA) is 121 Å². The fourth-order valence-corrected chi connectivity index (χ4v) is 4.21. The van der Waals surface area contributed by atoms with Crippen molar-refractivity contribution in [2.75, 3.05) is 13.2 Å². The van der Waals surface area contributed by atoms with Gasteiger partial charge in [-0.05, 0) is 48.2 Å². The number of H-pyrrole nitrogens is 1. The van der Waals surface area contributed by atoms with Crippen molar-refractivity contribution in [2.45, 2.75) is 32.2 Å². The summed E-state index contributed by atoms with van der Waals surface area (Å²) in [6, 6.07) is 18.8. The number of aliphatic carboxylic acids is 1. The van der Waals surface area contributed by atoms with Crippen LogP contribution < -0.4 is 10.6 Å². The first-order valence-electron chi connectivity index (χ1n) is 11.5. The smallest absolute Gasteiger partial charge is 0.407 e. The number of ether oxygens (including phenoxy) is 1. The molecule has 1 unspecified atom stereocenters. The lowest BCUT2D eigenvalue weighted by Gasteiger charge is -2.23. The molecule has 3 aromatic rings. The third-order valence-electron chi connectivity index (χ3n) is 6.32. The molecule has 0 aliphatic heterocycles. The average Bonchev–Trinajstić information content (AvgIpc) is 3.47. The minimum absolute atomic E-state index is 0.0746. The average molecular weight is 476 g/mol. The largest absolute Gasteiger partial charge is 0.481 e. The lowest BCUT2D eigenvalue weighted by Crippen LogP contribution is -2.51. The Labute approximate surface area is 203 Å². The van der Waals surface area contributed by atoms with Crippen LogP contribution in [-0.2, 0) is 20.7 Å². The number of alkyl carbamates (subject to hydrolysis) is 1. The molecule has 182 valence electrons. The minimum atomic E-state index is -1.14. The number of carbonyl (C=O) groups excluding carboxylic acids is 2. The maximum absolute atomic E-state index is 12.9. The minimum Gasteiger partial charge on any atom is -0.481 e. The van der Waals surface area contributed by atoms with Crippen molar-refractivity contribution in [2.24, 2.45) is 5.41 Å². The van der Waals surface area contributed by atoms with E-state index in [1.165, 1.54) is 13.8 Å². The number of amides is 2. The van der Waals surface area contributed by atoms with Crippen LogP contribution in [0.1, 0.15) is 36.6 Å². The van der Waals surface area contributed by atoms with Gasteiger partial charge in [0.25, 0.3) is 0 Å². The lowest BCUT2D eigenvalue weighted by atomic mass is 9.94. The van der Waals surface area contributed by atoms with E-state index in [0.29, 0.717) is 0 Å². The van der Waals surface area contributed by atoms with Gasteiger partial charge in [0.2, 0.25) is 5.91 Å². The molecule has 0 saturated carbocycles. The number of benzene rings is 2. The Morgan fingerprint density at radius 2 is 1.63 bits per heavy atom. The highest BCUT2D eigenvalue weighted by molar-refractivity contribution is 5.86. The van der Waals surface area contributed by atoms with E-state index in [9.17, 15) is 19.5 Å². The number of hydrogen-bond acceptors (Lipinski definition) is 4. The van der Waals surface area contributed by atoms with Gasteiger partial charge in [-0.2, -0.15) is 0 Å². The summed E-state index contributed by atoms with van der Waals surface area (Å²) >= 11 is 0. The van der Waals surface area contributed by atoms with E-state index in [-0.39, 0.29) is 25.5 Å². The summed E-state index contributed by atoms with van der Waals surface area (Å²) in [6.07, 6.45) is 1.22. The summed E-state index contributed by atoms with van der Waals surface area (Å²) in [7, 11) is 0. The Kier molecular flexibility index (Phi) is 6.91. The summed E-state index contributed by atoms with van der Waals surface area (Å²) < 4.78 is 5.59. The molecule has 1 heterocycles. The molecule has 4 N–H and O–H groups in total. The van der Waals surface area contributed by atoms with E-state index in [1.807, 2.05) is 36.4 Å². The third kappa shape index (κ3) is 5.37. The number of aromatic amines is 1. The fraction of sp³-hybridized carbons (Fsp3) is 0.296. The van der Waals surface area contributed by atoms with Crippen LogP contribution in [0.3, 0.4) is 0 Å². The summed E-state index contributed by atoms with van der Waals surface area (Å²) in [5.74, 6) is -1.61. The van der Waals surface area contributed by atoms with Crippen LogP contribution in [0, 0.1) is 5.41 Å². The van der Waals surface area contributed by atoms with Crippen LogP contribution in [0.25, 0.3) is 11.1 Å². The molecule has 1 aliphatic rings. The molecule has 0 saturated heterocycles. The molecule has 1 atom stereocenters. The molecule has 2 aromatic carbocycles. The van der Waals surface area contributed by atoms with E-state index < -0.39 is 29.4 Å². The predicted molar refractivity (Wildman–Crippen MR) is 131 cm³/mol. The van der Waals surface area contributed by atoms with Crippen molar-refractivity contribution >= 4 is 18.0 Å². The van der Waals surface area contributed by atoms with Gasteiger partial charge < -0.3 is 25.5 Å². The van der Waals surface area contributed by atoms with Crippen LogP contribution in [0.4, 0.5) is 4.79 Å². The first kappa shape index (κ1) is 24.1. The number of nitrogens with one attached hydrogen (secondary N) is 3. The monoisotopic (exact) mass is 475 g/mol. The zero-order valence-electron chi connectivity index (χ0n) is 19.7. The van der Waals surface area contributed by atoms with Gasteiger partial charge in [0.05, 0.1) is 5.41 Å². The SMILES string of the molecule is CC(C)(CNC(=O)C(Cc1ccc[nH]1)NC(=O)OCC1c2ccccc2-c2ccccc21)C(=O)O. The van der Waals surface area contributed by atoms with E-state index in [4.69, 9.17) is 4.74 Å². The number of carbonyl (C=O) groups is 3. The van der Waals surface area contributed by atoms with Crippen molar-refractivity contribution in [3.63, 3.8) is 0 Å². The number of carboxylic acids is 1. The van der Waals surface area contributed by atoms with E-state index in [2.05, 4.69) is 27.8 Å². The molecule has 4 rings (SSSR count). The van der Waals surface area contributed by atoms with E-state index in [1.54, 1.807) is 18.3 Å². The maximum Gasteiger partial charge on any atom is 0.407 e. The molecule has 35 heavy (non-hydrogen) atoms. The highest BCUT2D eigenvalue weighted by atomic mass is 16.5. The normalized spacial score (nSPS) is 13.4. The van der Waals surface area contributed by atoms with E-state index >= 15 is 0 Å². The van der Waals surface area contributed by atoms with Gasteiger partial charge in [-0.25, -0.2) is 4.79 Å². The molecular formula is C27H29N3O5. The summed E-state index contributed by atoms with van der Waals surface area (Å²) in [6.45, 7) is 3.10. The number of aromatic nitrogens is 1. The molecule has 1 aliphatic carbocycles. The summed E-state index contributed by atoms with van der Waals surface area (Å²) in [4.78, 5) is 40.0. The zero-order chi connectivity index (χ0) is 25.0. The third-order valence-corrected chi connectivity index (χ3v) is 6.32. The van der Waals surface area contributed by atoms with Crippen LogP contribution in [-0.4, -0.2) is 47.3 Å². The number of carboxylic acid groups (broad SMARTS) is 1. The molecule has 1 aromatic heterocycles. The molecule has 0 spiro atoms. The van der Waals surface area contributed by atoms with Crippen molar-refractivity contribution in [3.8, 4) is 11.1 Å². The van der Waals surface area contributed by atoms with Gasteiger partial charge in [-0.1, -0.05) is 48.5 Å². The maximum atomic E-state index is 12.9. The predicted octanol–water partition coefficient (Wildman–Crippen LogP) is 3.69. The molecule has 8 heteroatoms. The first-order valence-corrected chi connectivity index (χ1v) is 11.5. The second-order valence-corrected chi connectivity index (χ2v) is 9.33. The molecule has 2 amide bonds. The quantitative estimate of drug-likeness (QED) is 0.376. The van der Waals surface area contributed by atoms with Crippen LogP contribution in [0.2, 0.25) is 0 Å². The Hall–Kier alpha value is -4.07. The molecule has 0 fully saturated rings. The second kappa shape index (κ2) is 10.0.